The molecule has 0 saturated carbocycles. The molecular formula is C10H15NO2S. The minimum absolute atomic E-state index is 0.00208. The van der Waals surface area contributed by atoms with Gasteiger partial charge in [0.15, 0.2) is 0 Å². The van der Waals surface area contributed by atoms with Gasteiger partial charge < -0.3 is 10.4 Å². The average molecular weight is 213 g/mol. The average Bonchev–Trinajstić information content (AvgIpc) is 2.67. The van der Waals surface area contributed by atoms with Crippen molar-refractivity contribution < 1.29 is 9.90 Å². The summed E-state index contributed by atoms with van der Waals surface area (Å²) in [6.07, 6.45) is 0.924. The molecule has 0 saturated heterocycles. The highest BCUT2D eigenvalue weighted by Gasteiger charge is 2.08. The number of rotatable bonds is 5. The lowest BCUT2D eigenvalue weighted by atomic mass is 10.2. The molecule has 0 aliphatic carbocycles. The lowest BCUT2D eigenvalue weighted by Gasteiger charge is -2.11. The molecule has 78 valence electrons. The van der Waals surface area contributed by atoms with Crippen LogP contribution in [0.3, 0.4) is 0 Å². The third-order valence-corrected chi connectivity index (χ3v) is 2.68. The van der Waals surface area contributed by atoms with E-state index >= 15 is 0 Å². The molecule has 0 aromatic carbocycles. The van der Waals surface area contributed by atoms with Gasteiger partial charge in [0, 0.05) is 13.0 Å². The molecule has 1 amide bonds. The molecule has 0 fully saturated rings. The van der Waals surface area contributed by atoms with Crippen LogP contribution in [-0.2, 0) is 4.79 Å². The van der Waals surface area contributed by atoms with Crippen LogP contribution in [0.2, 0.25) is 0 Å². The van der Waals surface area contributed by atoms with Crippen molar-refractivity contribution in [2.24, 2.45) is 0 Å². The lowest BCUT2D eigenvalue weighted by Crippen LogP contribution is -2.26. The van der Waals surface area contributed by atoms with E-state index < -0.39 is 0 Å². The van der Waals surface area contributed by atoms with Crippen molar-refractivity contribution >= 4 is 17.2 Å². The van der Waals surface area contributed by atoms with E-state index in [1.165, 1.54) is 0 Å². The molecule has 3 nitrogen and oxygen atoms in total. The molecule has 2 N–H and O–H groups in total. The van der Waals surface area contributed by atoms with Crippen LogP contribution >= 0.6 is 11.3 Å². The van der Waals surface area contributed by atoms with E-state index in [9.17, 15) is 4.79 Å². The number of aliphatic hydroxyl groups excluding tert-OH is 1. The van der Waals surface area contributed by atoms with Gasteiger partial charge in [0.2, 0.25) is 5.91 Å². The van der Waals surface area contributed by atoms with Crippen molar-refractivity contribution in [3.8, 4) is 0 Å². The topological polar surface area (TPSA) is 49.3 Å². The summed E-state index contributed by atoms with van der Waals surface area (Å²) in [5.74, 6) is -0.00208. The van der Waals surface area contributed by atoms with Gasteiger partial charge in [-0.2, -0.15) is 11.3 Å². The zero-order valence-electron chi connectivity index (χ0n) is 8.19. The second-order valence-electron chi connectivity index (χ2n) is 3.17. The van der Waals surface area contributed by atoms with Crippen molar-refractivity contribution in [2.45, 2.75) is 25.8 Å². The first-order valence-corrected chi connectivity index (χ1v) is 5.60. The van der Waals surface area contributed by atoms with Gasteiger partial charge in [-0.1, -0.05) is 0 Å². The summed E-state index contributed by atoms with van der Waals surface area (Å²) >= 11 is 1.62. The van der Waals surface area contributed by atoms with E-state index in [1.54, 1.807) is 11.3 Å². The van der Waals surface area contributed by atoms with Crippen LogP contribution in [-0.4, -0.2) is 17.6 Å². The normalized spacial score (nSPS) is 12.4. The number of carbonyl (C=O) groups excluding carboxylic acids is 1. The monoisotopic (exact) mass is 213 g/mol. The van der Waals surface area contributed by atoms with Crippen LogP contribution < -0.4 is 5.32 Å². The Morgan fingerprint density at radius 1 is 1.71 bits per heavy atom. The van der Waals surface area contributed by atoms with Crippen molar-refractivity contribution in [1.82, 2.24) is 5.32 Å². The number of hydrogen-bond donors (Lipinski definition) is 2. The Hall–Kier alpha value is -0.870. The summed E-state index contributed by atoms with van der Waals surface area (Å²) in [6, 6.07) is 2.06. The number of nitrogens with one attached hydrogen (secondary N) is 1. The second kappa shape index (κ2) is 5.78. The Balaban J connectivity index is 2.33. The summed E-state index contributed by atoms with van der Waals surface area (Å²) in [4.78, 5) is 11.3. The first kappa shape index (κ1) is 11.2. The highest BCUT2D eigenvalue weighted by atomic mass is 32.1. The number of hydrogen-bond acceptors (Lipinski definition) is 3. The quantitative estimate of drug-likeness (QED) is 0.782. The van der Waals surface area contributed by atoms with Crippen LogP contribution in [0.1, 0.15) is 31.4 Å². The summed E-state index contributed by atoms with van der Waals surface area (Å²) in [5, 5.41) is 15.4. The third-order valence-electron chi connectivity index (χ3n) is 1.98. The molecule has 4 heteroatoms. The van der Waals surface area contributed by atoms with Crippen LogP contribution in [0, 0.1) is 0 Å². The number of aliphatic hydroxyl groups is 1. The number of thiophene rings is 1. The molecule has 0 spiro atoms. The van der Waals surface area contributed by atoms with Crippen molar-refractivity contribution in [2.75, 3.05) is 6.61 Å². The molecule has 14 heavy (non-hydrogen) atoms. The van der Waals surface area contributed by atoms with Gasteiger partial charge in [0.05, 0.1) is 6.04 Å². The maximum atomic E-state index is 11.3. The minimum atomic E-state index is -0.00208. The molecule has 0 radical (unpaired) electrons. The van der Waals surface area contributed by atoms with Gasteiger partial charge in [-0.15, -0.1) is 0 Å². The Morgan fingerprint density at radius 2 is 2.50 bits per heavy atom. The Kier molecular flexibility index (Phi) is 4.62. The first-order valence-electron chi connectivity index (χ1n) is 4.66. The molecule has 1 rings (SSSR count). The fourth-order valence-electron chi connectivity index (χ4n) is 1.16. The van der Waals surface area contributed by atoms with Crippen molar-refractivity contribution in [3.63, 3.8) is 0 Å². The minimum Gasteiger partial charge on any atom is -0.396 e. The standard InChI is InChI=1S/C10H15NO2S/c1-8(9-4-6-14-7-9)11-10(13)3-2-5-12/h4,6-8,12H,2-3,5H2,1H3,(H,11,13). The largest absolute Gasteiger partial charge is 0.396 e. The molecule has 1 atom stereocenters. The fraction of sp³-hybridized carbons (Fsp3) is 0.500. The van der Waals surface area contributed by atoms with Gasteiger partial charge in [-0.25, -0.2) is 0 Å². The van der Waals surface area contributed by atoms with E-state index in [2.05, 4.69) is 5.32 Å². The van der Waals surface area contributed by atoms with Gasteiger partial charge >= 0.3 is 0 Å². The van der Waals surface area contributed by atoms with E-state index in [1.807, 2.05) is 23.8 Å². The van der Waals surface area contributed by atoms with Gasteiger partial charge in [0.25, 0.3) is 0 Å². The fourth-order valence-corrected chi connectivity index (χ4v) is 1.91. The maximum Gasteiger partial charge on any atom is 0.220 e. The molecule has 0 aliphatic rings. The summed E-state index contributed by atoms with van der Waals surface area (Å²) in [5.41, 5.74) is 1.13. The third kappa shape index (κ3) is 3.47. The predicted molar refractivity (Wildman–Crippen MR) is 57.2 cm³/mol. The first-order chi connectivity index (χ1) is 6.74. The molecule has 0 aliphatic heterocycles. The highest BCUT2D eigenvalue weighted by Crippen LogP contribution is 2.15. The van der Waals surface area contributed by atoms with E-state index in [0.717, 1.165) is 5.56 Å². The van der Waals surface area contributed by atoms with Crippen LogP contribution in [0.15, 0.2) is 16.8 Å². The molecule has 1 aromatic rings. The Bertz CT molecular complexity index is 272. The van der Waals surface area contributed by atoms with Crippen LogP contribution in [0.25, 0.3) is 0 Å². The Morgan fingerprint density at radius 3 is 3.07 bits per heavy atom. The number of amides is 1. The summed E-state index contributed by atoms with van der Waals surface area (Å²) in [7, 11) is 0. The van der Waals surface area contributed by atoms with Gasteiger partial charge in [-0.3, -0.25) is 4.79 Å². The zero-order valence-corrected chi connectivity index (χ0v) is 9.01. The van der Waals surface area contributed by atoms with Gasteiger partial charge in [-0.05, 0) is 35.7 Å². The molecule has 0 bridgehead atoms. The molecule has 1 aromatic heterocycles. The van der Waals surface area contributed by atoms with Gasteiger partial charge in [0.1, 0.15) is 0 Å². The van der Waals surface area contributed by atoms with E-state index in [4.69, 9.17) is 5.11 Å². The smallest absolute Gasteiger partial charge is 0.220 e. The van der Waals surface area contributed by atoms with Crippen molar-refractivity contribution in [1.29, 1.82) is 0 Å². The summed E-state index contributed by atoms with van der Waals surface area (Å²) in [6.45, 7) is 2.03. The molecule has 1 heterocycles. The zero-order chi connectivity index (χ0) is 10.4. The number of carbonyl (C=O) groups is 1. The molecule has 1 unspecified atom stereocenters. The SMILES string of the molecule is CC(NC(=O)CCCO)c1ccsc1. The van der Waals surface area contributed by atoms with E-state index in [-0.39, 0.29) is 18.6 Å². The van der Waals surface area contributed by atoms with Crippen LogP contribution in [0.4, 0.5) is 0 Å². The van der Waals surface area contributed by atoms with Crippen LogP contribution in [0.5, 0.6) is 0 Å². The maximum absolute atomic E-state index is 11.3. The van der Waals surface area contributed by atoms with Crippen molar-refractivity contribution in [3.05, 3.63) is 22.4 Å². The predicted octanol–water partition coefficient (Wildman–Crippen LogP) is 1.70. The second-order valence-corrected chi connectivity index (χ2v) is 3.95. The molecular weight excluding hydrogens is 198 g/mol. The van der Waals surface area contributed by atoms with E-state index in [0.29, 0.717) is 12.8 Å². The highest BCUT2D eigenvalue weighted by molar-refractivity contribution is 7.07. The Labute approximate surface area is 87.8 Å². The summed E-state index contributed by atoms with van der Waals surface area (Å²) < 4.78 is 0. The lowest BCUT2D eigenvalue weighted by molar-refractivity contribution is -0.122.